The van der Waals surface area contributed by atoms with E-state index in [-0.39, 0.29) is 10.6 Å². The monoisotopic (exact) mass is 298 g/mol. The third-order valence-electron chi connectivity index (χ3n) is 3.23. The Labute approximate surface area is 123 Å². The fourth-order valence-corrected chi connectivity index (χ4v) is 3.80. The normalized spacial score (nSPS) is 19.3. The molecule has 1 aliphatic heterocycles. The summed E-state index contributed by atoms with van der Waals surface area (Å²) in [5.74, 6) is 0.866. The molecule has 2 rings (SSSR count). The van der Waals surface area contributed by atoms with Gasteiger partial charge in [0.25, 0.3) is 0 Å². The van der Waals surface area contributed by atoms with Crippen molar-refractivity contribution in [3.05, 3.63) is 35.1 Å². The van der Waals surface area contributed by atoms with Gasteiger partial charge in [-0.25, -0.2) is 4.39 Å². The second-order valence-corrected chi connectivity index (χ2v) is 7.73. The Morgan fingerprint density at radius 3 is 2.89 bits per heavy atom. The van der Waals surface area contributed by atoms with E-state index < -0.39 is 0 Å². The van der Waals surface area contributed by atoms with Crippen molar-refractivity contribution in [3.63, 3.8) is 0 Å². The Morgan fingerprint density at radius 1 is 1.53 bits per heavy atom. The average molecular weight is 298 g/mol. The van der Waals surface area contributed by atoms with Crippen LogP contribution in [-0.4, -0.2) is 33.5 Å². The molecule has 1 fully saturated rings. The highest BCUT2D eigenvalue weighted by molar-refractivity contribution is 8.00. The molecular weight excluding hydrogens is 279 g/mol. The number of nitrogens with zero attached hydrogens (tertiary/aromatic N) is 1. The lowest BCUT2D eigenvalue weighted by atomic mass is 10.1. The highest BCUT2D eigenvalue weighted by Gasteiger charge is 2.27. The van der Waals surface area contributed by atoms with Gasteiger partial charge in [-0.2, -0.15) is 11.8 Å². The molecule has 5 heteroatoms. The van der Waals surface area contributed by atoms with Crippen molar-refractivity contribution in [3.8, 4) is 0 Å². The number of benzene rings is 1. The third-order valence-corrected chi connectivity index (χ3v) is 4.75. The van der Waals surface area contributed by atoms with E-state index in [1.165, 1.54) is 6.07 Å². The first-order chi connectivity index (χ1) is 8.87. The number of rotatable bonds is 3. The van der Waals surface area contributed by atoms with Gasteiger partial charge in [0, 0.05) is 35.7 Å². The summed E-state index contributed by atoms with van der Waals surface area (Å²) >= 11 is 7.02. The second kappa shape index (κ2) is 5.77. The van der Waals surface area contributed by atoms with Crippen molar-refractivity contribution < 1.29 is 4.39 Å². The molecule has 0 bridgehead atoms. The van der Waals surface area contributed by atoms with Crippen LogP contribution in [0.1, 0.15) is 25.0 Å². The molecule has 19 heavy (non-hydrogen) atoms. The van der Waals surface area contributed by atoms with E-state index in [1.807, 2.05) is 11.8 Å². The van der Waals surface area contributed by atoms with E-state index in [1.54, 1.807) is 12.1 Å². The van der Waals surface area contributed by atoms with Gasteiger partial charge in [-0.3, -0.25) is 4.90 Å². The van der Waals surface area contributed by atoms with Crippen molar-refractivity contribution >= 4 is 29.0 Å². The molecule has 2 N–H and O–H groups in total. The summed E-state index contributed by atoms with van der Waals surface area (Å²) in [6, 6.07) is 4.63. The summed E-state index contributed by atoms with van der Waals surface area (Å²) in [4.78, 5) is 2.67. The molecule has 2 nitrogen and oxygen atoms in total. The van der Waals surface area contributed by atoms with Crippen LogP contribution in [0.15, 0.2) is 18.2 Å². The maximum Gasteiger partial charge on any atom is 0.123 e. The van der Waals surface area contributed by atoms with Crippen molar-refractivity contribution in [1.82, 2.24) is 4.90 Å². The predicted octanol–water partition coefficient (Wildman–Crippen LogP) is 2.79. The van der Waals surface area contributed by atoms with E-state index in [2.05, 4.69) is 18.7 Å². The molecule has 1 aromatic rings. The minimum absolute atomic E-state index is 0.236. The highest BCUT2D eigenvalue weighted by atomic mass is 32.2. The standard InChI is InChI=1S/C14H19FN2S2/c1-14(2)9-17(5-6-19-14)8-10-7-11(15)3-4-12(10)13(16)18/h3-4,7H,5-6,8-9H2,1-2H3,(H2,16,18). The molecule has 0 aliphatic carbocycles. The molecule has 1 saturated heterocycles. The molecule has 0 unspecified atom stereocenters. The van der Waals surface area contributed by atoms with Crippen molar-refractivity contribution in [2.24, 2.45) is 5.73 Å². The first-order valence-electron chi connectivity index (χ1n) is 6.32. The smallest absolute Gasteiger partial charge is 0.123 e. The largest absolute Gasteiger partial charge is 0.389 e. The van der Waals surface area contributed by atoms with Gasteiger partial charge in [-0.15, -0.1) is 0 Å². The maximum absolute atomic E-state index is 13.4. The molecule has 1 aliphatic rings. The van der Waals surface area contributed by atoms with E-state index >= 15 is 0 Å². The van der Waals surface area contributed by atoms with E-state index in [0.717, 1.165) is 30.0 Å². The van der Waals surface area contributed by atoms with Crippen LogP contribution in [0.4, 0.5) is 4.39 Å². The van der Waals surface area contributed by atoms with Crippen LogP contribution >= 0.6 is 24.0 Å². The molecule has 0 spiro atoms. The van der Waals surface area contributed by atoms with Gasteiger partial charge in [0.05, 0.1) is 0 Å². The number of halogens is 1. The Kier molecular flexibility index (Phi) is 4.48. The van der Waals surface area contributed by atoms with Gasteiger partial charge in [0.15, 0.2) is 0 Å². The van der Waals surface area contributed by atoms with Gasteiger partial charge >= 0.3 is 0 Å². The van der Waals surface area contributed by atoms with Gasteiger partial charge < -0.3 is 5.73 Å². The van der Waals surface area contributed by atoms with E-state index in [4.69, 9.17) is 18.0 Å². The molecule has 0 aromatic heterocycles. The summed E-state index contributed by atoms with van der Waals surface area (Å²) in [6.07, 6.45) is 0. The average Bonchev–Trinajstić information content (AvgIpc) is 2.27. The molecule has 0 radical (unpaired) electrons. The SMILES string of the molecule is CC1(C)CN(Cc2cc(F)ccc2C(N)=S)CCS1. The molecule has 0 atom stereocenters. The number of thioether (sulfide) groups is 1. The quantitative estimate of drug-likeness (QED) is 0.869. The Bertz CT molecular complexity index is 488. The first kappa shape index (κ1) is 14.8. The van der Waals surface area contributed by atoms with Gasteiger partial charge in [-0.1, -0.05) is 12.2 Å². The predicted molar refractivity (Wildman–Crippen MR) is 84.1 cm³/mol. The lowest BCUT2D eigenvalue weighted by molar-refractivity contribution is 0.252. The Hall–Kier alpha value is -0.650. The Morgan fingerprint density at radius 2 is 2.26 bits per heavy atom. The van der Waals surface area contributed by atoms with Crippen LogP contribution < -0.4 is 5.73 Å². The van der Waals surface area contributed by atoms with Crippen LogP contribution in [0.3, 0.4) is 0 Å². The summed E-state index contributed by atoms with van der Waals surface area (Å²) in [5, 5.41) is 0. The van der Waals surface area contributed by atoms with Crippen LogP contribution in [0.2, 0.25) is 0 Å². The van der Waals surface area contributed by atoms with Crippen LogP contribution in [0.25, 0.3) is 0 Å². The summed E-state index contributed by atoms with van der Waals surface area (Å²) in [5.41, 5.74) is 7.38. The van der Waals surface area contributed by atoms with Crippen molar-refractivity contribution in [2.75, 3.05) is 18.8 Å². The minimum atomic E-state index is -0.236. The zero-order valence-electron chi connectivity index (χ0n) is 11.3. The van der Waals surface area contributed by atoms with Gasteiger partial charge in [0.2, 0.25) is 0 Å². The zero-order chi connectivity index (χ0) is 14.0. The molecular formula is C14H19FN2S2. The zero-order valence-corrected chi connectivity index (χ0v) is 12.9. The Balaban J connectivity index is 2.18. The lowest BCUT2D eigenvalue weighted by Crippen LogP contribution is -2.42. The molecule has 0 saturated carbocycles. The molecule has 1 aromatic carbocycles. The maximum atomic E-state index is 13.4. The van der Waals surface area contributed by atoms with Crippen LogP contribution in [0.5, 0.6) is 0 Å². The number of hydrogen-bond donors (Lipinski definition) is 1. The molecule has 0 amide bonds. The molecule has 1 heterocycles. The number of hydrogen-bond acceptors (Lipinski definition) is 3. The fraction of sp³-hybridized carbons (Fsp3) is 0.500. The number of nitrogens with two attached hydrogens (primary N) is 1. The minimum Gasteiger partial charge on any atom is -0.389 e. The van der Waals surface area contributed by atoms with E-state index in [0.29, 0.717) is 11.5 Å². The summed E-state index contributed by atoms with van der Waals surface area (Å²) in [6.45, 7) is 7.19. The summed E-state index contributed by atoms with van der Waals surface area (Å²) in [7, 11) is 0. The van der Waals surface area contributed by atoms with Crippen molar-refractivity contribution in [2.45, 2.75) is 25.1 Å². The highest BCUT2D eigenvalue weighted by Crippen LogP contribution is 2.30. The van der Waals surface area contributed by atoms with Gasteiger partial charge in [0.1, 0.15) is 10.8 Å². The topological polar surface area (TPSA) is 29.3 Å². The number of thiocarbonyl (C=S) groups is 1. The lowest BCUT2D eigenvalue weighted by Gasteiger charge is -2.37. The summed E-state index contributed by atoms with van der Waals surface area (Å²) < 4.78 is 13.7. The van der Waals surface area contributed by atoms with Crippen LogP contribution in [-0.2, 0) is 6.54 Å². The second-order valence-electron chi connectivity index (χ2n) is 5.48. The first-order valence-corrected chi connectivity index (χ1v) is 7.71. The van der Waals surface area contributed by atoms with Crippen LogP contribution in [0, 0.1) is 5.82 Å². The van der Waals surface area contributed by atoms with E-state index in [9.17, 15) is 4.39 Å². The van der Waals surface area contributed by atoms with Crippen molar-refractivity contribution in [1.29, 1.82) is 0 Å². The van der Waals surface area contributed by atoms with Gasteiger partial charge in [-0.05, 0) is 37.6 Å². The molecule has 104 valence electrons. The fourth-order valence-electron chi connectivity index (χ4n) is 2.42. The third kappa shape index (κ3) is 3.91.